The van der Waals surface area contributed by atoms with Crippen molar-refractivity contribution >= 4 is 33.6 Å². The van der Waals surface area contributed by atoms with E-state index in [1.54, 1.807) is 39.8 Å². The minimum atomic E-state index is -3.62. The number of urea groups is 1. The van der Waals surface area contributed by atoms with Gasteiger partial charge in [0.2, 0.25) is 15.9 Å². The van der Waals surface area contributed by atoms with Crippen LogP contribution in [0.25, 0.3) is 0 Å². The maximum atomic E-state index is 12.6. The molecule has 2 rings (SSSR count). The SMILES string of the molecule is CCN(CC)S(=O)(=O)c1cccc(NC(=O)CCCN2C(=O)NC(C)(C)C2=O)c1. The molecule has 1 aliphatic heterocycles. The summed E-state index contributed by atoms with van der Waals surface area (Å²) >= 11 is 0. The Hall–Kier alpha value is -2.46. The average Bonchev–Trinajstić information content (AvgIpc) is 2.84. The van der Waals surface area contributed by atoms with Crippen LogP contribution in [0.5, 0.6) is 0 Å². The van der Waals surface area contributed by atoms with Gasteiger partial charge in [0, 0.05) is 31.7 Å². The van der Waals surface area contributed by atoms with Crippen molar-refractivity contribution in [1.82, 2.24) is 14.5 Å². The molecule has 0 unspecified atom stereocenters. The molecule has 0 bridgehead atoms. The van der Waals surface area contributed by atoms with Crippen LogP contribution < -0.4 is 10.6 Å². The number of amides is 4. The van der Waals surface area contributed by atoms with E-state index in [-0.39, 0.29) is 29.7 Å². The summed E-state index contributed by atoms with van der Waals surface area (Å²) in [6, 6.07) is 5.63. The molecule has 0 spiro atoms. The lowest BCUT2D eigenvalue weighted by molar-refractivity contribution is -0.130. The third-order valence-electron chi connectivity index (χ3n) is 4.69. The maximum Gasteiger partial charge on any atom is 0.325 e. The summed E-state index contributed by atoms with van der Waals surface area (Å²) in [5.74, 6) is -0.647. The highest BCUT2D eigenvalue weighted by molar-refractivity contribution is 7.89. The molecular formula is C19H28N4O5S. The van der Waals surface area contributed by atoms with E-state index < -0.39 is 21.6 Å². The first-order valence-electron chi connectivity index (χ1n) is 9.57. The number of nitrogens with one attached hydrogen (secondary N) is 2. The largest absolute Gasteiger partial charge is 0.326 e. The lowest BCUT2D eigenvalue weighted by atomic mass is 10.1. The summed E-state index contributed by atoms with van der Waals surface area (Å²) in [6.07, 6.45) is 0.392. The first-order chi connectivity index (χ1) is 13.5. The highest BCUT2D eigenvalue weighted by Gasteiger charge is 2.43. The molecule has 1 aliphatic rings. The fourth-order valence-electron chi connectivity index (χ4n) is 3.09. The molecule has 0 radical (unpaired) electrons. The number of hydrogen-bond acceptors (Lipinski definition) is 5. The minimum Gasteiger partial charge on any atom is -0.326 e. The molecule has 0 atom stereocenters. The van der Waals surface area contributed by atoms with Gasteiger partial charge in [0.05, 0.1) is 4.90 Å². The number of rotatable bonds is 9. The fraction of sp³-hybridized carbons (Fsp3) is 0.526. The van der Waals surface area contributed by atoms with Crippen molar-refractivity contribution < 1.29 is 22.8 Å². The molecule has 2 N–H and O–H groups in total. The van der Waals surface area contributed by atoms with Gasteiger partial charge >= 0.3 is 6.03 Å². The van der Waals surface area contributed by atoms with E-state index in [0.717, 1.165) is 4.90 Å². The van der Waals surface area contributed by atoms with E-state index in [2.05, 4.69) is 10.6 Å². The van der Waals surface area contributed by atoms with E-state index in [1.807, 2.05) is 0 Å². The number of imide groups is 1. The second-order valence-electron chi connectivity index (χ2n) is 7.28. The highest BCUT2D eigenvalue weighted by Crippen LogP contribution is 2.20. The van der Waals surface area contributed by atoms with Crippen LogP contribution in [0.2, 0.25) is 0 Å². The number of benzene rings is 1. The third kappa shape index (κ3) is 5.13. The zero-order valence-electron chi connectivity index (χ0n) is 17.2. The van der Waals surface area contributed by atoms with Crippen molar-refractivity contribution in [2.24, 2.45) is 0 Å². The summed E-state index contributed by atoms with van der Waals surface area (Å²) in [7, 11) is -3.62. The van der Waals surface area contributed by atoms with Gasteiger partial charge < -0.3 is 10.6 Å². The molecule has 1 aromatic carbocycles. The molecule has 29 heavy (non-hydrogen) atoms. The van der Waals surface area contributed by atoms with Gasteiger partial charge in [0.1, 0.15) is 5.54 Å². The fourth-order valence-corrected chi connectivity index (χ4v) is 4.59. The molecule has 1 aromatic rings. The smallest absolute Gasteiger partial charge is 0.325 e. The lowest BCUT2D eigenvalue weighted by Gasteiger charge is -2.19. The molecule has 0 saturated carbocycles. The second-order valence-corrected chi connectivity index (χ2v) is 9.22. The normalized spacial score (nSPS) is 16.2. The monoisotopic (exact) mass is 424 g/mol. The number of carbonyl (C=O) groups excluding carboxylic acids is 3. The van der Waals surface area contributed by atoms with Crippen LogP contribution in [-0.2, 0) is 19.6 Å². The Morgan fingerprint density at radius 3 is 2.41 bits per heavy atom. The number of sulfonamides is 1. The molecule has 4 amide bonds. The Morgan fingerprint density at radius 2 is 1.86 bits per heavy atom. The van der Waals surface area contributed by atoms with Crippen LogP contribution in [0.4, 0.5) is 10.5 Å². The minimum absolute atomic E-state index is 0.0878. The molecule has 1 fully saturated rings. The summed E-state index contributed by atoms with van der Waals surface area (Å²) < 4.78 is 26.5. The van der Waals surface area contributed by atoms with Crippen molar-refractivity contribution in [3.05, 3.63) is 24.3 Å². The summed E-state index contributed by atoms with van der Waals surface area (Å²) in [5, 5.41) is 5.25. The second kappa shape index (κ2) is 8.91. The van der Waals surface area contributed by atoms with E-state index in [0.29, 0.717) is 25.2 Å². The van der Waals surface area contributed by atoms with Crippen LogP contribution in [0.3, 0.4) is 0 Å². The van der Waals surface area contributed by atoms with Crippen molar-refractivity contribution in [2.75, 3.05) is 25.0 Å². The molecule has 1 saturated heterocycles. The summed E-state index contributed by atoms with van der Waals surface area (Å²) in [6.45, 7) is 7.62. The number of carbonyl (C=O) groups is 3. The van der Waals surface area contributed by atoms with Crippen molar-refractivity contribution in [3.63, 3.8) is 0 Å². The van der Waals surface area contributed by atoms with Gasteiger partial charge in [-0.2, -0.15) is 4.31 Å². The van der Waals surface area contributed by atoms with Gasteiger partial charge in [-0.1, -0.05) is 19.9 Å². The van der Waals surface area contributed by atoms with Crippen molar-refractivity contribution in [2.45, 2.75) is 51.0 Å². The van der Waals surface area contributed by atoms with Gasteiger partial charge in [-0.05, 0) is 38.5 Å². The predicted molar refractivity (Wildman–Crippen MR) is 109 cm³/mol. The summed E-state index contributed by atoms with van der Waals surface area (Å²) in [5.41, 5.74) is -0.560. The molecule has 10 heteroatoms. The third-order valence-corrected chi connectivity index (χ3v) is 6.74. The zero-order valence-corrected chi connectivity index (χ0v) is 18.0. The van der Waals surface area contributed by atoms with Crippen LogP contribution in [0.1, 0.15) is 40.5 Å². The summed E-state index contributed by atoms with van der Waals surface area (Å²) in [4.78, 5) is 37.4. The van der Waals surface area contributed by atoms with Crippen LogP contribution in [0.15, 0.2) is 29.2 Å². The Labute approximate surface area is 171 Å². The van der Waals surface area contributed by atoms with E-state index in [4.69, 9.17) is 0 Å². The number of nitrogens with zero attached hydrogens (tertiary/aromatic N) is 2. The van der Waals surface area contributed by atoms with E-state index in [1.165, 1.54) is 16.4 Å². The Bertz CT molecular complexity index is 894. The Balaban J connectivity index is 1.95. The van der Waals surface area contributed by atoms with Crippen LogP contribution in [-0.4, -0.2) is 60.6 Å². The van der Waals surface area contributed by atoms with Crippen LogP contribution >= 0.6 is 0 Å². The maximum absolute atomic E-state index is 12.6. The number of anilines is 1. The van der Waals surface area contributed by atoms with E-state index in [9.17, 15) is 22.8 Å². The molecule has 160 valence electrons. The van der Waals surface area contributed by atoms with E-state index >= 15 is 0 Å². The predicted octanol–water partition coefficient (Wildman–Crippen LogP) is 1.77. The lowest BCUT2D eigenvalue weighted by Crippen LogP contribution is -2.40. The van der Waals surface area contributed by atoms with Crippen molar-refractivity contribution in [3.8, 4) is 0 Å². The Kier molecular flexibility index (Phi) is 7.02. The topological polar surface area (TPSA) is 116 Å². The molecule has 9 nitrogen and oxygen atoms in total. The quantitative estimate of drug-likeness (QED) is 0.586. The molecule has 0 aliphatic carbocycles. The van der Waals surface area contributed by atoms with Gasteiger partial charge in [-0.3, -0.25) is 14.5 Å². The standard InChI is InChI=1S/C19H28N4O5S/c1-5-22(6-2)29(27,28)15-10-7-9-14(13-15)20-16(24)11-8-12-23-17(25)19(3,4)21-18(23)26/h7,9-10,13H,5-6,8,11-12H2,1-4H3,(H,20,24)(H,21,26). The molecular weight excluding hydrogens is 396 g/mol. The molecule has 1 heterocycles. The van der Waals surface area contributed by atoms with Gasteiger partial charge in [0.15, 0.2) is 0 Å². The zero-order chi connectivity index (χ0) is 21.8. The average molecular weight is 425 g/mol. The van der Waals surface area contributed by atoms with Crippen LogP contribution in [0, 0.1) is 0 Å². The highest BCUT2D eigenvalue weighted by atomic mass is 32.2. The first-order valence-corrected chi connectivity index (χ1v) is 11.0. The first kappa shape index (κ1) is 22.8. The Morgan fingerprint density at radius 1 is 1.21 bits per heavy atom. The molecule has 0 aromatic heterocycles. The van der Waals surface area contributed by atoms with Gasteiger partial charge in [-0.15, -0.1) is 0 Å². The van der Waals surface area contributed by atoms with Crippen molar-refractivity contribution in [1.29, 1.82) is 0 Å². The van der Waals surface area contributed by atoms with Gasteiger partial charge in [0.25, 0.3) is 5.91 Å². The van der Waals surface area contributed by atoms with Gasteiger partial charge in [-0.25, -0.2) is 13.2 Å². The number of hydrogen-bond donors (Lipinski definition) is 2.